The molecule has 0 saturated carbocycles. The molecule has 2 aromatic carbocycles. The van der Waals surface area contributed by atoms with Crippen molar-refractivity contribution in [3.63, 3.8) is 0 Å². The van der Waals surface area contributed by atoms with Crippen molar-refractivity contribution in [3.8, 4) is 11.5 Å². The van der Waals surface area contributed by atoms with E-state index in [9.17, 15) is 9.18 Å². The van der Waals surface area contributed by atoms with Crippen LogP contribution >= 0.6 is 0 Å². The van der Waals surface area contributed by atoms with Gasteiger partial charge in [-0.25, -0.2) is 4.39 Å². The van der Waals surface area contributed by atoms with Crippen molar-refractivity contribution in [1.29, 1.82) is 0 Å². The summed E-state index contributed by atoms with van der Waals surface area (Å²) in [5, 5.41) is 2.59. The maximum Gasteiger partial charge on any atom is 0.238 e. The lowest BCUT2D eigenvalue weighted by Gasteiger charge is -2.17. The lowest BCUT2D eigenvalue weighted by atomic mass is 10.2. The van der Waals surface area contributed by atoms with Gasteiger partial charge in [-0.05, 0) is 49.4 Å². The van der Waals surface area contributed by atoms with E-state index in [1.165, 1.54) is 6.07 Å². The molecule has 0 aliphatic carbocycles. The Morgan fingerprint density at radius 2 is 1.84 bits per heavy atom. The maximum absolute atomic E-state index is 13.8. The molecular formula is C19H23FN2O3. The highest BCUT2D eigenvalue weighted by molar-refractivity contribution is 5.92. The largest absolute Gasteiger partial charge is 0.493 e. The Labute approximate surface area is 147 Å². The molecule has 0 saturated heterocycles. The van der Waals surface area contributed by atoms with Crippen LogP contribution in [0.5, 0.6) is 11.5 Å². The van der Waals surface area contributed by atoms with Crippen molar-refractivity contribution < 1.29 is 18.7 Å². The summed E-state index contributed by atoms with van der Waals surface area (Å²) >= 11 is 0. The van der Waals surface area contributed by atoms with Crippen LogP contribution in [0.25, 0.3) is 0 Å². The molecule has 5 nitrogen and oxygen atoms in total. The van der Waals surface area contributed by atoms with Gasteiger partial charge in [0, 0.05) is 6.54 Å². The number of carbonyl (C=O) groups is 1. The summed E-state index contributed by atoms with van der Waals surface area (Å²) in [6, 6.07) is 10.3. The summed E-state index contributed by atoms with van der Waals surface area (Å²) in [6.07, 6.45) is 0. The van der Waals surface area contributed by atoms with Crippen LogP contribution in [-0.2, 0) is 11.3 Å². The van der Waals surface area contributed by atoms with Crippen molar-refractivity contribution in [2.45, 2.75) is 13.5 Å². The molecule has 0 heterocycles. The van der Waals surface area contributed by atoms with Gasteiger partial charge in [0.25, 0.3) is 0 Å². The summed E-state index contributed by atoms with van der Waals surface area (Å²) in [7, 11) is 4.98. The van der Waals surface area contributed by atoms with E-state index in [4.69, 9.17) is 9.47 Å². The molecule has 0 aromatic heterocycles. The number of halogens is 1. The molecule has 0 atom stereocenters. The first-order valence-corrected chi connectivity index (χ1v) is 7.88. The van der Waals surface area contributed by atoms with Crippen LogP contribution in [0.3, 0.4) is 0 Å². The van der Waals surface area contributed by atoms with Crippen molar-refractivity contribution in [2.75, 3.05) is 33.1 Å². The molecule has 1 amide bonds. The number of hydrogen-bond donors (Lipinski definition) is 1. The molecule has 2 rings (SSSR count). The van der Waals surface area contributed by atoms with Gasteiger partial charge in [-0.1, -0.05) is 12.1 Å². The number of amides is 1. The van der Waals surface area contributed by atoms with Crippen LogP contribution < -0.4 is 14.8 Å². The number of rotatable bonds is 7. The molecule has 0 unspecified atom stereocenters. The molecule has 6 heteroatoms. The molecular weight excluding hydrogens is 323 g/mol. The van der Waals surface area contributed by atoms with Crippen LogP contribution in [0.15, 0.2) is 36.4 Å². The Kier molecular flexibility index (Phi) is 6.36. The van der Waals surface area contributed by atoms with Crippen molar-refractivity contribution in [1.82, 2.24) is 4.90 Å². The number of likely N-dealkylation sites (N-methyl/N-ethyl adjacent to an activating group) is 1. The zero-order valence-electron chi connectivity index (χ0n) is 14.9. The van der Waals surface area contributed by atoms with Gasteiger partial charge in [0.15, 0.2) is 11.5 Å². The van der Waals surface area contributed by atoms with E-state index < -0.39 is 5.82 Å². The average molecular weight is 346 g/mol. The fraction of sp³-hybridized carbons (Fsp3) is 0.316. The second kappa shape index (κ2) is 8.48. The Morgan fingerprint density at radius 3 is 2.48 bits per heavy atom. The summed E-state index contributed by atoms with van der Waals surface area (Å²) < 4.78 is 24.3. The van der Waals surface area contributed by atoms with E-state index in [1.807, 2.05) is 30.1 Å². The van der Waals surface area contributed by atoms with E-state index in [0.717, 1.165) is 11.1 Å². The highest BCUT2D eigenvalue weighted by atomic mass is 19.1. The second-order valence-corrected chi connectivity index (χ2v) is 5.89. The molecule has 2 aromatic rings. The Morgan fingerprint density at radius 1 is 1.12 bits per heavy atom. The van der Waals surface area contributed by atoms with Gasteiger partial charge in [0.1, 0.15) is 5.82 Å². The lowest BCUT2D eigenvalue weighted by Crippen LogP contribution is -2.30. The first kappa shape index (κ1) is 18.7. The third-order valence-electron chi connectivity index (χ3n) is 3.71. The van der Waals surface area contributed by atoms with Gasteiger partial charge in [-0.15, -0.1) is 0 Å². The van der Waals surface area contributed by atoms with E-state index in [-0.39, 0.29) is 18.1 Å². The number of hydrogen-bond acceptors (Lipinski definition) is 4. The molecule has 0 bridgehead atoms. The predicted molar refractivity (Wildman–Crippen MR) is 95.6 cm³/mol. The smallest absolute Gasteiger partial charge is 0.238 e. The van der Waals surface area contributed by atoms with Gasteiger partial charge < -0.3 is 14.8 Å². The van der Waals surface area contributed by atoms with Crippen molar-refractivity contribution >= 4 is 11.6 Å². The molecule has 1 N–H and O–H groups in total. The average Bonchev–Trinajstić information content (AvgIpc) is 2.57. The second-order valence-electron chi connectivity index (χ2n) is 5.89. The number of methoxy groups -OCH3 is 2. The molecule has 134 valence electrons. The fourth-order valence-electron chi connectivity index (χ4n) is 2.50. The highest BCUT2D eigenvalue weighted by Gasteiger charge is 2.11. The number of benzene rings is 2. The highest BCUT2D eigenvalue weighted by Crippen LogP contribution is 2.27. The molecule has 0 radical (unpaired) electrons. The monoisotopic (exact) mass is 346 g/mol. The molecule has 0 spiro atoms. The van der Waals surface area contributed by atoms with Crippen molar-refractivity contribution in [2.24, 2.45) is 0 Å². The maximum atomic E-state index is 13.8. The molecule has 0 aliphatic rings. The number of nitrogens with zero attached hydrogens (tertiary/aromatic N) is 1. The number of ether oxygens (including phenoxy) is 2. The van der Waals surface area contributed by atoms with Gasteiger partial charge >= 0.3 is 0 Å². The van der Waals surface area contributed by atoms with Crippen LogP contribution in [0.2, 0.25) is 0 Å². The number of anilines is 1. The third-order valence-corrected chi connectivity index (χ3v) is 3.71. The summed E-state index contributed by atoms with van der Waals surface area (Å²) in [6.45, 7) is 2.48. The fourth-order valence-corrected chi connectivity index (χ4v) is 2.50. The normalized spacial score (nSPS) is 10.6. The number of aryl methyl sites for hydroxylation is 1. The molecule has 0 aliphatic heterocycles. The summed E-state index contributed by atoms with van der Waals surface area (Å²) in [4.78, 5) is 13.9. The minimum atomic E-state index is -0.434. The topological polar surface area (TPSA) is 50.8 Å². The van der Waals surface area contributed by atoms with Gasteiger partial charge in [0.05, 0.1) is 26.5 Å². The van der Waals surface area contributed by atoms with E-state index in [0.29, 0.717) is 18.0 Å². The first-order chi connectivity index (χ1) is 11.9. The standard InChI is InChI=1S/C19H23FN2O3/c1-13-5-7-16(15(20)9-13)21-19(23)12-22(2)11-14-6-8-17(24-3)18(10-14)25-4/h5-10H,11-12H2,1-4H3,(H,21,23). The van der Waals surface area contributed by atoms with E-state index >= 15 is 0 Å². The zero-order valence-corrected chi connectivity index (χ0v) is 14.9. The van der Waals surface area contributed by atoms with Crippen LogP contribution in [-0.4, -0.2) is 38.6 Å². The Balaban J connectivity index is 1.95. The van der Waals surface area contributed by atoms with Gasteiger partial charge in [-0.2, -0.15) is 0 Å². The SMILES string of the molecule is COc1ccc(CN(C)CC(=O)Nc2ccc(C)cc2F)cc1OC. The zero-order chi connectivity index (χ0) is 18.4. The van der Waals surface area contributed by atoms with Crippen LogP contribution in [0, 0.1) is 12.7 Å². The lowest BCUT2D eigenvalue weighted by molar-refractivity contribution is -0.117. The molecule has 25 heavy (non-hydrogen) atoms. The first-order valence-electron chi connectivity index (χ1n) is 7.88. The summed E-state index contributed by atoms with van der Waals surface area (Å²) in [5.41, 5.74) is 1.98. The third kappa shape index (κ3) is 5.19. The van der Waals surface area contributed by atoms with Crippen LogP contribution in [0.4, 0.5) is 10.1 Å². The van der Waals surface area contributed by atoms with Crippen LogP contribution in [0.1, 0.15) is 11.1 Å². The van der Waals surface area contributed by atoms with E-state index in [2.05, 4.69) is 5.32 Å². The quantitative estimate of drug-likeness (QED) is 0.836. The predicted octanol–water partition coefficient (Wildman–Crippen LogP) is 3.22. The number of nitrogens with one attached hydrogen (secondary N) is 1. The minimum absolute atomic E-state index is 0.141. The Hall–Kier alpha value is -2.60. The minimum Gasteiger partial charge on any atom is -0.493 e. The van der Waals surface area contributed by atoms with Crippen molar-refractivity contribution in [3.05, 3.63) is 53.3 Å². The Bertz CT molecular complexity index is 749. The summed E-state index contributed by atoms with van der Waals surface area (Å²) in [5.74, 6) is 0.586. The van der Waals surface area contributed by atoms with Gasteiger partial charge in [0.2, 0.25) is 5.91 Å². The van der Waals surface area contributed by atoms with Gasteiger partial charge in [-0.3, -0.25) is 9.69 Å². The number of carbonyl (C=O) groups excluding carboxylic acids is 1. The molecule has 0 fully saturated rings. The van der Waals surface area contributed by atoms with E-state index in [1.54, 1.807) is 33.3 Å².